The molecule has 3 heterocycles. The summed E-state index contributed by atoms with van der Waals surface area (Å²) < 4.78 is 2.11. The molecule has 2 aliphatic carbocycles. The number of Topliss-reactive ketones (excluding diaryl/α,β-unsaturated/α-hetero) is 1. The molecule has 0 bridgehead atoms. The summed E-state index contributed by atoms with van der Waals surface area (Å²) in [4.78, 5) is 16.6. The van der Waals surface area contributed by atoms with Crippen LogP contribution in [0, 0.1) is 11.3 Å². The van der Waals surface area contributed by atoms with Crippen LogP contribution in [0.5, 0.6) is 0 Å². The first-order valence-corrected chi connectivity index (χ1v) is 16.3. The Bertz CT molecular complexity index is 1250. The molecule has 0 aromatic carbocycles. The molecule has 5 rings (SSSR count). The van der Waals surface area contributed by atoms with E-state index in [4.69, 9.17) is 5.73 Å². The molecule has 6 nitrogen and oxygen atoms in total. The largest absolute Gasteiger partial charge is 0.384 e. The minimum atomic E-state index is -0.413. The number of hydrogen-bond donors (Lipinski definition) is 1. The number of thiophene rings is 1. The number of nitrogens with zero attached hydrogens (tertiary/aromatic N) is 4. The van der Waals surface area contributed by atoms with Gasteiger partial charge in [-0.1, -0.05) is 56.2 Å². The van der Waals surface area contributed by atoms with Gasteiger partial charge in [0.2, 0.25) is 5.13 Å². The predicted octanol–water partition coefficient (Wildman–Crippen LogP) is 7.00. The van der Waals surface area contributed by atoms with Gasteiger partial charge >= 0.3 is 0 Å². The van der Waals surface area contributed by atoms with Gasteiger partial charge < -0.3 is 5.73 Å². The highest BCUT2D eigenvalue weighted by Gasteiger charge is 2.42. The van der Waals surface area contributed by atoms with Crippen molar-refractivity contribution in [3.8, 4) is 6.07 Å². The van der Waals surface area contributed by atoms with Gasteiger partial charge in [0, 0.05) is 27.8 Å². The lowest BCUT2D eigenvalue weighted by atomic mass is 9.76. The molecule has 0 radical (unpaired) electrons. The smallest absolute Gasteiger partial charge is 0.219 e. The van der Waals surface area contributed by atoms with Crippen molar-refractivity contribution < 1.29 is 4.79 Å². The Morgan fingerprint density at radius 2 is 1.97 bits per heavy atom. The van der Waals surface area contributed by atoms with Crippen LogP contribution in [0.15, 0.2) is 37.3 Å². The molecule has 0 spiro atoms. The number of ketones is 1. The van der Waals surface area contributed by atoms with E-state index in [1.54, 1.807) is 23.1 Å². The molecular formula is C26H31N5OS4. The minimum Gasteiger partial charge on any atom is -0.384 e. The third kappa shape index (κ3) is 4.87. The van der Waals surface area contributed by atoms with Crippen molar-refractivity contribution in [3.05, 3.63) is 39.2 Å². The van der Waals surface area contributed by atoms with Gasteiger partial charge in [-0.15, -0.1) is 33.3 Å². The Kier molecular flexibility index (Phi) is 8.11. The van der Waals surface area contributed by atoms with Crippen molar-refractivity contribution in [1.29, 1.82) is 5.26 Å². The van der Waals surface area contributed by atoms with Crippen molar-refractivity contribution in [2.45, 2.75) is 91.4 Å². The number of anilines is 1. The van der Waals surface area contributed by atoms with Gasteiger partial charge in [0.15, 0.2) is 10.1 Å². The number of carbonyl (C=O) groups is 1. The van der Waals surface area contributed by atoms with Crippen LogP contribution in [-0.4, -0.2) is 27.0 Å². The standard InChI is InChI=1S/C26H31N5OS4/c1-3-15-13-17(24(34-15)33-4-2)21-18(14-27)23(28)31(19-11-8-12-20(32)22(19)21)25-29-30-26(36-25)35-16-9-6-5-7-10-16/h13,16,21H,3-12,28H2,1-2H3. The van der Waals surface area contributed by atoms with E-state index in [9.17, 15) is 10.1 Å². The Morgan fingerprint density at radius 3 is 2.69 bits per heavy atom. The number of nitrogens with two attached hydrogens (primary N) is 1. The normalized spacial score (nSPS) is 21.2. The molecule has 2 aromatic rings. The maximum atomic E-state index is 13.5. The van der Waals surface area contributed by atoms with Crippen LogP contribution >= 0.6 is 46.2 Å². The highest BCUT2D eigenvalue weighted by Crippen LogP contribution is 2.50. The second kappa shape index (κ2) is 11.3. The first-order valence-electron chi connectivity index (χ1n) is 12.8. The summed E-state index contributed by atoms with van der Waals surface area (Å²) in [6, 6.07) is 4.58. The number of aryl methyl sites for hydroxylation is 1. The van der Waals surface area contributed by atoms with Crippen molar-refractivity contribution in [1.82, 2.24) is 10.2 Å². The van der Waals surface area contributed by atoms with E-state index in [0.717, 1.165) is 46.2 Å². The Morgan fingerprint density at radius 1 is 1.17 bits per heavy atom. The lowest BCUT2D eigenvalue weighted by Gasteiger charge is -2.38. The number of allylic oxidation sites excluding steroid dienone is 3. The zero-order valence-corrected chi connectivity index (χ0v) is 24.0. The van der Waals surface area contributed by atoms with Crippen molar-refractivity contribution in [2.75, 3.05) is 10.7 Å². The van der Waals surface area contributed by atoms with Gasteiger partial charge in [0.05, 0.1) is 21.8 Å². The molecule has 10 heteroatoms. The van der Waals surface area contributed by atoms with Crippen LogP contribution in [0.2, 0.25) is 0 Å². The lowest BCUT2D eigenvalue weighted by Crippen LogP contribution is -2.38. The highest BCUT2D eigenvalue weighted by atomic mass is 32.2. The van der Waals surface area contributed by atoms with Crippen molar-refractivity contribution >= 4 is 57.1 Å². The van der Waals surface area contributed by atoms with E-state index in [1.807, 2.05) is 16.7 Å². The molecule has 36 heavy (non-hydrogen) atoms. The SMILES string of the molecule is CCSc1sc(CC)cc1C1C(C#N)=C(N)N(c2nnc(SC3CCCCC3)s2)C2=C1C(=O)CCC2. The number of thioether (sulfide) groups is 2. The quantitative estimate of drug-likeness (QED) is 0.363. The number of hydrogen-bond acceptors (Lipinski definition) is 10. The van der Waals surface area contributed by atoms with Gasteiger partial charge in [-0.3, -0.25) is 9.69 Å². The first-order chi connectivity index (χ1) is 17.5. The molecule has 3 aliphatic rings. The van der Waals surface area contributed by atoms with Crippen molar-refractivity contribution in [2.24, 2.45) is 5.73 Å². The van der Waals surface area contributed by atoms with E-state index in [2.05, 4.69) is 36.2 Å². The summed E-state index contributed by atoms with van der Waals surface area (Å²) in [6.45, 7) is 4.27. The fourth-order valence-electron chi connectivity index (χ4n) is 5.34. The van der Waals surface area contributed by atoms with E-state index in [0.29, 0.717) is 28.2 Å². The van der Waals surface area contributed by atoms with Gasteiger partial charge in [0.25, 0.3) is 0 Å². The topological polar surface area (TPSA) is 95.9 Å². The van der Waals surface area contributed by atoms with Crippen LogP contribution in [0.25, 0.3) is 0 Å². The van der Waals surface area contributed by atoms with E-state index >= 15 is 0 Å². The molecular weight excluding hydrogens is 527 g/mol. The average molecular weight is 558 g/mol. The first kappa shape index (κ1) is 25.8. The maximum absolute atomic E-state index is 13.5. The molecule has 1 atom stereocenters. The second-order valence-corrected chi connectivity index (χ2v) is 14.5. The van der Waals surface area contributed by atoms with Crippen LogP contribution in [0.4, 0.5) is 5.13 Å². The molecule has 0 saturated heterocycles. The van der Waals surface area contributed by atoms with Crippen LogP contribution in [-0.2, 0) is 11.2 Å². The van der Waals surface area contributed by atoms with E-state index < -0.39 is 5.92 Å². The summed E-state index contributed by atoms with van der Waals surface area (Å²) >= 11 is 6.87. The molecule has 2 aromatic heterocycles. The number of nitriles is 1. The zero-order valence-electron chi connectivity index (χ0n) is 20.7. The molecule has 1 fully saturated rings. The Labute approximate surface area is 229 Å². The second-order valence-electron chi connectivity index (χ2n) is 9.29. The summed E-state index contributed by atoms with van der Waals surface area (Å²) in [5, 5.41) is 20.6. The molecule has 1 saturated carbocycles. The van der Waals surface area contributed by atoms with Crippen molar-refractivity contribution in [3.63, 3.8) is 0 Å². The summed E-state index contributed by atoms with van der Waals surface area (Å²) in [5.74, 6) is 1.02. The monoisotopic (exact) mass is 557 g/mol. The minimum absolute atomic E-state index is 0.115. The Balaban J connectivity index is 1.58. The molecule has 0 amide bonds. The van der Waals surface area contributed by atoms with E-state index in [1.165, 1.54) is 52.5 Å². The molecule has 1 aliphatic heterocycles. The fourth-order valence-corrected chi connectivity index (χ4v) is 10.1. The number of carbonyl (C=O) groups excluding carboxylic acids is 1. The third-order valence-corrected chi connectivity index (χ3v) is 11.8. The van der Waals surface area contributed by atoms with Crippen LogP contribution in [0.3, 0.4) is 0 Å². The highest BCUT2D eigenvalue weighted by molar-refractivity contribution is 8.01. The summed E-state index contributed by atoms with van der Waals surface area (Å²) in [7, 11) is 0. The van der Waals surface area contributed by atoms with Crippen LogP contribution in [0.1, 0.15) is 81.6 Å². The van der Waals surface area contributed by atoms with E-state index in [-0.39, 0.29) is 5.78 Å². The van der Waals surface area contributed by atoms with Gasteiger partial charge in [-0.2, -0.15) is 5.26 Å². The fraction of sp³-hybridized carbons (Fsp3) is 0.538. The number of rotatable bonds is 7. The lowest BCUT2D eigenvalue weighted by molar-refractivity contribution is -0.116. The van der Waals surface area contributed by atoms with Gasteiger partial charge in [-0.05, 0) is 49.5 Å². The summed E-state index contributed by atoms with van der Waals surface area (Å²) in [5.41, 5.74) is 9.89. The molecule has 190 valence electrons. The Hall–Kier alpha value is -1.80. The average Bonchev–Trinajstić information content (AvgIpc) is 3.51. The molecule has 2 N–H and O–H groups in total. The third-order valence-electron chi connectivity index (χ3n) is 7.03. The number of aromatic nitrogens is 2. The van der Waals surface area contributed by atoms with Gasteiger partial charge in [0.1, 0.15) is 5.82 Å². The maximum Gasteiger partial charge on any atom is 0.219 e. The molecule has 1 unspecified atom stereocenters. The van der Waals surface area contributed by atoms with Crippen LogP contribution < -0.4 is 10.6 Å². The summed E-state index contributed by atoms with van der Waals surface area (Å²) in [6.07, 6.45) is 9.24. The predicted molar refractivity (Wildman–Crippen MR) is 151 cm³/mol. The van der Waals surface area contributed by atoms with Gasteiger partial charge in [-0.25, -0.2) is 0 Å². The zero-order chi connectivity index (χ0) is 25.2.